The van der Waals surface area contributed by atoms with E-state index in [-0.39, 0.29) is 30.1 Å². The van der Waals surface area contributed by atoms with Crippen LogP contribution in [0.1, 0.15) is 15.5 Å². The van der Waals surface area contributed by atoms with Gasteiger partial charge in [0.05, 0.1) is 0 Å². The number of ether oxygens (including phenoxy) is 1. The smallest absolute Gasteiger partial charge is 0.348 e. The second-order valence-corrected chi connectivity index (χ2v) is 5.42. The molecule has 0 bridgehead atoms. The minimum Gasteiger partial charge on any atom is -0.453 e. The molecule has 4 N–H and O–H groups in total. The summed E-state index contributed by atoms with van der Waals surface area (Å²) in [6.07, 6.45) is 0. The third-order valence-corrected chi connectivity index (χ3v) is 3.82. The molecule has 0 aliphatic rings. The van der Waals surface area contributed by atoms with Gasteiger partial charge in [0.15, 0.2) is 12.4 Å². The lowest BCUT2D eigenvalue weighted by Gasteiger charge is -2.03. The Hall–Kier alpha value is -2.81. The molecule has 0 fully saturated rings. The number of carbonyl (C=O) groups is 1. The van der Waals surface area contributed by atoms with Crippen LogP contribution in [0, 0.1) is 5.82 Å². The first-order chi connectivity index (χ1) is 10.5. The van der Waals surface area contributed by atoms with Crippen LogP contribution in [0.4, 0.5) is 16.3 Å². The molecule has 0 aliphatic heterocycles. The molecule has 0 aliphatic carbocycles. The molecule has 2 aromatic heterocycles. The van der Waals surface area contributed by atoms with E-state index >= 15 is 0 Å². The number of nitrogens with two attached hydrogens (primary N) is 2. The lowest BCUT2D eigenvalue weighted by Crippen LogP contribution is -2.10. The number of aromatic nitrogens is 3. The third-order valence-electron chi connectivity index (χ3n) is 2.73. The van der Waals surface area contributed by atoms with Gasteiger partial charge in [0.25, 0.3) is 0 Å². The maximum Gasteiger partial charge on any atom is 0.348 e. The fourth-order valence-corrected chi connectivity index (χ4v) is 2.77. The molecular weight excluding hydrogens is 309 g/mol. The van der Waals surface area contributed by atoms with E-state index in [1.807, 2.05) is 0 Å². The van der Waals surface area contributed by atoms with E-state index in [1.54, 1.807) is 12.1 Å². The van der Waals surface area contributed by atoms with Crippen LogP contribution in [0.3, 0.4) is 0 Å². The van der Waals surface area contributed by atoms with Gasteiger partial charge in [-0.3, -0.25) is 0 Å². The summed E-state index contributed by atoms with van der Waals surface area (Å²) in [4.78, 5) is 23.6. The Balaban J connectivity index is 1.75. The average Bonchev–Trinajstić information content (AvgIpc) is 2.86. The topological polar surface area (TPSA) is 117 Å². The van der Waals surface area contributed by atoms with Gasteiger partial charge in [-0.25, -0.2) is 9.18 Å². The number of nitrogens with zero attached hydrogens (tertiary/aromatic N) is 3. The van der Waals surface area contributed by atoms with Crippen molar-refractivity contribution in [3.8, 4) is 0 Å². The number of hydrogen-bond acceptors (Lipinski definition) is 8. The number of esters is 1. The Morgan fingerprint density at radius 3 is 2.64 bits per heavy atom. The standard InChI is InChI=1S/C13H10FN5O2S/c14-7-1-2-8-6(3-7)4-9(22-8)11(20)21-5-10-17-12(15)19-13(16)18-10/h1-4H,5H2,(H4,15,16,17,18,19). The van der Waals surface area contributed by atoms with Crippen molar-refractivity contribution >= 4 is 39.3 Å². The van der Waals surface area contributed by atoms with E-state index in [2.05, 4.69) is 15.0 Å². The number of hydrogen-bond donors (Lipinski definition) is 2. The van der Waals surface area contributed by atoms with Crippen LogP contribution in [0.5, 0.6) is 0 Å². The molecule has 0 amide bonds. The summed E-state index contributed by atoms with van der Waals surface area (Å²) in [6, 6.07) is 5.88. The van der Waals surface area contributed by atoms with E-state index in [0.29, 0.717) is 10.3 Å². The quantitative estimate of drug-likeness (QED) is 0.706. The molecule has 3 rings (SSSR count). The summed E-state index contributed by atoms with van der Waals surface area (Å²) < 4.78 is 19.0. The van der Waals surface area contributed by atoms with Crippen molar-refractivity contribution in [1.82, 2.24) is 15.0 Å². The zero-order valence-electron chi connectivity index (χ0n) is 11.1. The predicted octanol–water partition coefficient (Wildman–Crippen LogP) is 1.75. The van der Waals surface area contributed by atoms with Crippen LogP contribution in [-0.4, -0.2) is 20.9 Å². The number of thiophene rings is 1. The van der Waals surface area contributed by atoms with E-state index in [0.717, 1.165) is 4.70 Å². The van der Waals surface area contributed by atoms with Crippen molar-refractivity contribution in [2.45, 2.75) is 6.61 Å². The van der Waals surface area contributed by atoms with Gasteiger partial charge in [0.2, 0.25) is 11.9 Å². The molecule has 2 heterocycles. The molecule has 1 aromatic carbocycles. The fraction of sp³-hybridized carbons (Fsp3) is 0.0769. The Morgan fingerprint density at radius 2 is 1.91 bits per heavy atom. The summed E-state index contributed by atoms with van der Waals surface area (Å²) in [5, 5.41) is 0.644. The van der Waals surface area contributed by atoms with Crippen molar-refractivity contribution in [2.75, 3.05) is 11.5 Å². The second-order valence-electron chi connectivity index (χ2n) is 4.34. The van der Waals surface area contributed by atoms with Crippen molar-refractivity contribution in [3.05, 3.63) is 40.8 Å². The Morgan fingerprint density at radius 1 is 1.18 bits per heavy atom. The summed E-state index contributed by atoms with van der Waals surface area (Å²) in [7, 11) is 0. The number of carbonyl (C=O) groups excluding carboxylic acids is 1. The zero-order chi connectivity index (χ0) is 15.7. The van der Waals surface area contributed by atoms with Gasteiger partial charge in [0, 0.05) is 4.70 Å². The Bertz CT molecular complexity index is 847. The SMILES string of the molecule is Nc1nc(N)nc(COC(=O)c2cc3cc(F)ccc3s2)n1. The predicted molar refractivity (Wildman–Crippen MR) is 79.6 cm³/mol. The molecular formula is C13H10FN5O2S. The van der Waals surface area contributed by atoms with Gasteiger partial charge in [0.1, 0.15) is 10.7 Å². The van der Waals surface area contributed by atoms with Crippen LogP contribution >= 0.6 is 11.3 Å². The molecule has 112 valence electrons. The maximum absolute atomic E-state index is 13.1. The first-order valence-corrected chi connectivity index (χ1v) is 6.95. The van der Waals surface area contributed by atoms with Crippen LogP contribution < -0.4 is 11.5 Å². The van der Waals surface area contributed by atoms with E-state index in [4.69, 9.17) is 16.2 Å². The number of nitrogen functional groups attached to an aromatic ring is 2. The lowest BCUT2D eigenvalue weighted by atomic mass is 10.2. The molecule has 0 saturated carbocycles. The largest absolute Gasteiger partial charge is 0.453 e. The second kappa shape index (κ2) is 5.53. The summed E-state index contributed by atoms with van der Waals surface area (Å²) >= 11 is 1.21. The first kappa shape index (κ1) is 14.1. The van der Waals surface area contributed by atoms with Crippen molar-refractivity contribution in [3.63, 3.8) is 0 Å². The normalized spacial score (nSPS) is 10.8. The number of rotatable bonds is 3. The van der Waals surface area contributed by atoms with E-state index < -0.39 is 5.97 Å². The average molecular weight is 319 g/mol. The number of fused-ring (bicyclic) bond motifs is 1. The monoisotopic (exact) mass is 319 g/mol. The van der Waals surface area contributed by atoms with Gasteiger partial charge >= 0.3 is 5.97 Å². The first-order valence-electron chi connectivity index (χ1n) is 6.13. The summed E-state index contributed by atoms with van der Waals surface area (Å²) in [5.74, 6) is -0.849. The van der Waals surface area contributed by atoms with Gasteiger partial charge in [-0.05, 0) is 29.7 Å². The molecule has 22 heavy (non-hydrogen) atoms. The van der Waals surface area contributed by atoms with Crippen LogP contribution in [0.2, 0.25) is 0 Å². The molecule has 9 heteroatoms. The van der Waals surface area contributed by atoms with Crippen LogP contribution in [0.25, 0.3) is 10.1 Å². The molecule has 0 spiro atoms. The molecule has 0 atom stereocenters. The minimum absolute atomic E-state index is 0.0455. The highest BCUT2D eigenvalue weighted by Crippen LogP contribution is 2.26. The fourth-order valence-electron chi connectivity index (χ4n) is 1.84. The number of anilines is 2. The molecule has 3 aromatic rings. The maximum atomic E-state index is 13.1. The highest BCUT2D eigenvalue weighted by atomic mass is 32.1. The zero-order valence-corrected chi connectivity index (χ0v) is 11.9. The Kier molecular flexibility index (Phi) is 3.55. The van der Waals surface area contributed by atoms with E-state index in [1.165, 1.54) is 23.5 Å². The molecule has 0 unspecified atom stereocenters. The molecule has 0 radical (unpaired) electrons. The van der Waals surface area contributed by atoms with E-state index in [9.17, 15) is 9.18 Å². The number of benzene rings is 1. The highest BCUT2D eigenvalue weighted by molar-refractivity contribution is 7.20. The molecule has 7 nitrogen and oxygen atoms in total. The third kappa shape index (κ3) is 2.93. The van der Waals surface area contributed by atoms with Crippen molar-refractivity contribution in [2.24, 2.45) is 0 Å². The lowest BCUT2D eigenvalue weighted by molar-refractivity contribution is 0.0468. The molecule has 0 saturated heterocycles. The van der Waals surface area contributed by atoms with Crippen LogP contribution in [0.15, 0.2) is 24.3 Å². The van der Waals surface area contributed by atoms with Gasteiger partial charge in [-0.1, -0.05) is 0 Å². The summed E-state index contributed by atoms with van der Waals surface area (Å²) in [6.45, 7) is -0.182. The number of halogens is 1. The Labute approximate surface area is 127 Å². The van der Waals surface area contributed by atoms with Gasteiger partial charge in [-0.2, -0.15) is 15.0 Å². The van der Waals surface area contributed by atoms with Crippen LogP contribution in [-0.2, 0) is 11.3 Å². The van der Waals surface area contributed by atoms with Gasteiger partial charge in [-0.15, -0.1) is 11.3 Å². The summed E-state index contributed by atoms with van der Waals surface area (Å²) in [5.41, 5.74) is 10.9. The highest BCUT2D eigenvalue weighted by Gasteiger charge is 2.13. The van der Waals surface area contributed by atoms with Crippen molar-refractivity contribution < 1.29 is 13.9 Å². The van der Waals surface area contributed by atoms with Gasteiger partial charge < -0.3 is 16.2 Å². The van der Waals surface area contributed by atoms with Crippen molar-refractivity contribution in [1.29, 1.82) is 0 Å². The minimum atomic E-state index is -0.556.